The number of carbonyl (C=O) groups is 1. The van der Waals surface area contributed by atoms with Gasteiger partial charge in [-0.2, -0.15) is 0 Å². The summed E-state index contributed by atoms with van der Waals surface area (Å²) in [6.45, 7) is 4.90. The average Bonchev–Trinajstić information content (AvgIpc) is 2.88. The molecule has 0 amide bonds. The molecule has 1 saturated carbocycles. The van der Waals surface area contributed by atoms with E-state index in [9.17, 15) is 9.18 Å². The number of hydrogen-bond acceptors (Lipinski definition) is 3. The summed E-state index contributed by atoms with van der Waals surface area (Å²) in [5.41, 5.74) is 3.71. The number of rotatable bonds is 13. The Morgan fingerprint density at radius 1 is 1.00 bits per heavy atom. The Morgan fingerprint density at radius 2 is 1.69 bits per heavy atom. The van der Waals surface area contributed by atoms with E-state index in [1.807, 2.05) is 13.0 Å². The molecule has 5 heteroatoms. The largest absolute Gasteiger partial charge is 0.492 e. The van der Waals surface area contributed by atoms with Gasteiger partial charge in [-0.1, -0.05) is 63.4 Å². The molecular weight excluding hydrogens is 507 g/mol. The SMILES string of the molecule is CCCCOc1ccc(-c2ccc(CC[C@H]3CC[C@H](OC(=O)[C@@H](F)CCCC)CC3)cc2)cc1Br. The Balaban J connectivity index is 1.42. The minimum atomic E-state index is -1.46. The van der Waals surface area contributed by atoms with Crippen LogP contribution in [0.4, 0.5) is 4.39 Å². The molecule has 0 bridgehead atoms. The minimum Gasteiger partial charge on any atom is -0.492 e. The fourth-order valence-corrected chi connectivity index (χ4v) is 5.13. The first kappa shape index (κ1) is 27.7. The van der Waals surface area contributed by atoms with Gasteiger partial charge in [0.15, 0.2) is 6.17 Å². The first-order valence-electron chi connectivity index (χ1n) is 13.4. The lowest BCUT2D eigenvalue weighted by molar-refractivity contribution is -0.157. The molecule has 0 aromatic heterocycles. The van der Waals surface area contributed by atoms with E-state index in [1.54, 1.807) is 0 Å². The first-order valence-corrected chi connectivity index (χ1v) is 14.2. The number of benzene rings is 2. The van der Waals surface area contributed by atoms with Crippen molar-refractivity contribution in [1.29, 1.82) is 0 Å². The van der Waals surface area contributed by atoms with E-state index in [4.69, 9.17) is 9.47 Å². The van der Waals surface area contributed by atoms with Crippen LogP contribution in [0.25, 0.3) is 11.1 Å². The lowest BCUT2D eigenvalue weighted by Gasteiger charge is -2.28. The van der Waals surface area contributed by atoms with Crippen LogP contribution in [-0.4, -0.2) is 24.9 Å². The molecule has 2 aromatic rings. The van der Waals surface area contributed by atoms with Crippen molar-refractivity contribution >= 4 is 21.9 Å². The Hall–Kier alpha value is -1.88. The number of ether oxygens (including phenoxy) is 2. The predicted molar refractivity (Wildman–Crippen MR) is 145 cm³/mol. The van der Waals surface area contributed by atoms with Gasteiger partial charge in [0.05, 0.1) is 11.1 Å². The minimum absolute atomic E-state index is 0.110. The van der Waals surface area contributed by atoms with Gasteiger partial charge in [0, 0.05) is 0 Å². The Labute approximate surface area is 218 Å². The molecule has 3 rings (SSSR count). The Bertz CT molecular complexity index is 906. The second kappa shape index (κ2) is 14.6. The maximum absolute atomic E-state index is 13.9. The Morgan fingerprint density at radius 3 is 2.34 bits per heavy atom. The highest BCUT2D eigenvalue weighted by molar-refractivity contribution is 9.10. The summed E-state index contributed by atoms with van der Waals surface area (Å²) < 4.78 is 26.1. The molecule has 1 aliphatic rings. The zero-order chi connectivity index (χ0) is 25.0. The molecule has 35 heavy (non-hydrogen) atoms. The molecule has 0 saturated heterocycles. The molecule has 3 nitrogen and oxygen atoms in total. The van der Waals surface area contributed by atoms with E-state index in [-0.39, 0.29) is 12.5 Å². The van der Waals surface area contributed by atoms with Crippen LogP contribution in [0.2, 0.25) is 0 Å². The van der Waals surface area contributed by atoms with Crippen LogP contribution < -0.4 is 4.74 Å². The lowest BCUT2D eigenvalue weighted by atomic mass is 9.83. The van der Waals surface area contributed by atoms with Crippen LogP contribution >= 0.6 is 15.9 Å². The van der Waals surface area contributed by atoms with Gasteiger partial charge in [-0.25, -0.2) is 9.18 Å². The van der Waals surface area contributed by atoms with Crippen molar-refractivity contribution in [3.63, 3.8) is 0 Å². The smallest absolute Gasteiger partial charge is 0.340 e. The Kier molecular flexibility index (Phi) is 11.6. The van der Waals surface area contributed by atoms with Gasteiger partial charge in [-0.05, 0) is 102 Å². The van der Waals surface area contributed by atoms with Gasteiger partial charge < -0.3 is 9.47 Å². The molecule has 0 unspecified atom stereocenters. The maximum atomic E-state index is 13.9. The summed E-state index contributed by atoms with van der Waals surface area (Å²) in [7, 11) is 0. The fraction of sp³-hybridized carbons (Fsp3) is 0.567. The number of alkyl halides is 1. The van der Waals surface area contributed by atoms with E-state index >= 15 is 0 Å². The van der Waals surface area contributed by atoms with Crippen LogP contribution in [0.15, 0.2) is 46.9 Å². The second-order valence-electron chi connectivity index (χ2n) is 9.77. The van der Waals surface area contributed by atoms with E-state index < -0.39 is 12.1 Å². The van der Waals surface area contributed by atoms with Gasteiger partial charge in [0.25, 0.3) is 0 Å². The lowest BCUT2D eigenvalue weighted by Crippen LogP contribution is -2.29. The van der Waals surface area contributed by atoms with Gasteiger partial charge in [0.2, 0.25) is 0 Å². The van der Waals surface area contributed by atoms with Gasteiger partial charge in [-0.15, -0.1) is 0 Å². The third-order valence-corrected chi connectivity index (χ3v) is 7.58. The molecular formula is C30H40BrFO3. The molecule has 1 atom stereocenters. The third kappa shape index (κ3) is 8.93. The number of carbonyl (C=O) groups excluding carboxylic acids is 1. The first-order chi connectivity index (χ1) is 17.0. The molecule has 1 fully saturated rings. The third-order valence-electron chi connectivity index (χ3n) is 6.96. The molecule has 0 heterocycles. The zero-order valence-corrected chi connectivity index (χ0v) is 22.8. The number of halogens is 2. The van der Waals surface area contributed by atoms with Gasteiger partial charge in [-0.3, -0.25) is 0 Å². The van der Waals surface area contributed by atoms with Crippen molar-refractivity contribution in [2.24, 2.45) is 5.92 Å². The van der Waals surface area contributed by atoms with Gasteiger partial charge >= 0.3 is 5.97 Å². The fourth-order valence-electron chi connectivity index (χ4n) is 4.64. The average molecular weight is 548 g/mol. The molecule has 2 aromatic carbocycles. The summed E-state index contributed by atoms with van der Waals surface area (Å²) in [6.07, 6.45) is 8.47. The topological polar surface area (TPSA) is 35.5 Å². The van der Waals surface area contributed by atoms with Crippen molar-refractivity contribution < 1.29 is 18.7 Å². The highest BCUT2D eigenvalue weighted by Gasteiger charge is 2.27. The number of aryl methyl sites for hydroxylation is 1. The summed E-state index contributed by atoms with van der Waals surface area (Å²) in [5, 5.41) is 0. The van der Waals surface area contributed by atoms with Crippen LogP contribution in [0, 0.1) is 5.92 Å². The van der Waals surface area contributed by atoms with Crippen LogP contribution in [-0.2, 0) is 16.0 Å². The van der Waals surface area contributed by atoms with Crippen molar-refractivity contribution in [3.8, 4) is 16.9 Å². The van der Waals surface area contributed by atoms with E-state index in [0.29, 0.717) is 5.92 Å². The number of hydrogen-bond donors (Lipinski definition) is 0. The van der Waals surface area contributed by atoms with Crippen molar-refractivity contribution in [2.75, 3.05) is 6.61 Å². The molecule has 0 radical (unpaired) electrons. The molecule has 192 valence electrons. The molecule has 0 N–H and O–H groups in total. The molecule has 0 spiro atoms. The maximum Gasteiger partial charge on any atom is 0.340 e. The summed E-state index contributed by atoms with van der Waals surface area (Å²) in [4.78, 5) is 11.9. The van der Waals surface area contributed by atoms with E-state index in [0.717, 1.165) is 81.0 Å². The van der Waals surface area contributed by atoms with Crippen molar-refractivity contribution in [2.45, 2.75) is 96.8 Å². The number of unbranched alkanes of at least 4 members (excludes halogenated alkanes) is 2. The highest BCUT2D eigenvalue weighted by Crippen LogP contribution is 2.32. The van der Waals surface area contributed by atoms with Crippen LogP contribution in [0.3, 0.4) is 0 Å². The van der Waals surface area contributed by atoms with Crippen LogP contribution in [0.5, 0.6) is 5.75 Å². The van der Waals surface area contributed by atoms with Crippen molar-refractivity contribution in [1.82, 2.24) is 0 Å². The monoisotopic (exact) mass is 546 g/mol. The summed E-state index contributed by atoms with van der Waals surface area (Å²) >= 11 is 3.64. The van der Waals surface area contributed by atoms with Gasteiger partial charge in [0.1, 0.15) is 11.9 Å². The van der Waals surface area contributed by atoms with Crippen LogP contribution in [0.1, 0.15) is 83.6 Å². The standard InChI is InChI=1S/C30H40BrFO3/c1-3-5-7-28(32)30(33)35-26-17-12-23(13-18-26)9-8-22-10-14-24(15-11-22)25-16-19-29(27(31)21-25)34-20-6-4-2/h10-11,14-16,19,21,23,26,28H,3-9,12-13,17-18,20H2,1-2H3/t23-,26-,28-/m0/s1. The molecule has 1 aliphatic carbocycles. The zero-order valence-electron chi connectivity index (χ0n) is 21.2. The number of esters is 1. The normalized spacial score (nSPS) is 18.7. The summed E-state index contributed by atoms with van der Waals surface area (Å²) in [5.74, 6) is 0.874. The highest BCUT2D eigenvalue weighted by atomic mass is 79.9. The second-order valence-corrected chi connectivity index (χ2v) is 10.6. The molecule has 0 aliphatic heterocycles. The van der Waals surface area contributed by atoms with Crippen molar-refractivity contribution in [3.05, 3.63) is 52.5 Å². The predicted octanol–water partition coefficient (Wildman–Crippen LogP) is 8.86. The summed E-state index contributed by atoms with van der Waals surface area (Å²) in [6, 6.07) is 15.1. The quantitative estimate of drug-likeness (QED) is 0.186. The van der Waals surface area contributed by atoms with E-state index in [1.165, 1.54) is 16.7 Å². The van der Waals surface area contributed by atoms with E-state index in [2.05, 4.69) is 59.3 Å².